The van der Waals surface area contributed by atoms with E-state index in [2.05, 4.69) is 16.0 Å². The molecule has 6 heteroatoms. The fraction of sp³-hybridized carbons (Fsp3) is 0.800. The molecule has 2 rings (SSSR count). The van der Waals surface area contributed by atoms with Crippen molar-refractivity contribution in [1.82, 2.24) is 16.0 Å². The highest BCUT2D eigenvalue weighted by Crippen LogP contribution is 2.07. The SMILES string of the molecule is Cl.O=C1CC[C@@H](C(=O)NCC2CCCN2)N1. The maximum atomic E-state index is 11.6. The van der Waals surface area contributed by atoms with Crippen LogP contribution in [0.2, 0.25) is 0 Å². The van der Waals surface area contributed by atoms with E-state index in [4.69, 9.17) is 0 Å². The van der Waals surface area contributed by atoms with Crippen LogP contribution in [0.3, 0.4) is 0 Å². The minimum absolute atomic E-state index is 0. The zero-order valence-corrected chi connectivity index (χ0v) is 9.94. The summed E-state index contributed by atoms with van der Waals surface area (Å²) in [6, 6.07) is 0.102. The first kappa shape index (κ1) is 13.3. The van der Waals surface area contributed by atoms with Gasteiger partial charge in [-0.25, -0.2) is 0 Å². The average molecular weight is 248 g/mol. The van der Waals surface area contributed by atoms with Crippen LogP contribution in [0.4, 0.5) is 0 Å². The van der Waals surface area contributed by atoms with Crippen LogP contribution in [0.5, 0.6) is 0 Å². The number of hydrogen-bond acceptors (Lipinski definition) is 3. The maximum Gasteiger partial charge on any atom is 0.242 e. The summed E-state index contributed by atoms with van der Waals surface area (Å²) in [5.41, 5.74) is 0. The van der Waals surface area contributed by atoms with Crippen LogP contribution in [0.1, 0.15) is 25.7 Å². The molecule has 1 unspecified atom stereocenters. The number of hydrogen-bond donors (Lipinski definition) is 3. The van der Waals surface area contributed by atoms with Crippen LogP contribution in [0, 0.1) is 0 Å². The molecule has 0 saturated carbocycles. The molecule has 0 aromatic rings. The molecule has 0 radical (unpaired) electrons. The van der Waals surface area contributed by atoms with E-state index in [-0.39, 0.29) is 30.3 Å². The minimum atomic E-state index is -0.307. The largest absolute Gasteiger partial charge is 0.353 e. The van der Waals surface area contributed by atoms with Crippen molar-refractivity contribution in [1.29, 1.82) is 0 Å². The predicted octanol–water partition coefficient (Wildman–Crippen LogP) is -0.445. The Hall–Kier alpha value is -0.810. The van der Waals surface area contributed by atoms with Gasteiger partial charge in [-0.15, -0.1) is 12.4 Å². The van der Waals surface area contributed by atoms with Gasteiger partial charge in [0.2, 0.25) is 11.8 Å². The summed E-state index contributed by atoms with van der Waals surface area (Å²) in [7, 11) is 0. The van der Waals surface area contributed by atoms with E-state index in [1.54, 1.807) is 0 Å². The molecule has 2 heterocycles. The first-order valence-electron chi connectivity index (χ1n) is 5.56. The van der Waals surface area contributed by atoms with Crippen molar-refractivity contribution in [2.45, 2.75) is 37.8 Å². The van der Waals surface area contributed by atoms with Gasteiger partial charge in [0.1, 0.15) is 6.04 Å². The minimum Gasteiger partial charge on any atom is -0.353 e. The van der Waals surface area contributed by atoms with E-state index in [1.807, 2.05) is 0 Å². The first-order valence-corrected chi connectivity index (χ1v) is 5.56. The molecular weight excluding hydrogens is 230 g/mol. The fourth-order valence-electron chi connectivity index (χ4n) is 2.09. The summed E-state index contributed by atoms with van der Waals surface area (Å²) in [5.74, 6) is -0.0660. The molecule has 0 aromatic heterocycles. The molecule has 0 spiro atoms. The molecule has 92 valence electrons. The first-order chi connectivity index (χ1) is 7.25. The molecule has 0 aromatic carbocycles. The standard InChI is InChI=1S/C10H17N3O2.ClH/c14-9-4-3-8(13-9)10(15)12-6-7-2-1-5-11-7;/h7-8,11H,1-6H2,(H,12,15)(H,13,14);1H/t7?,8-;/m0./s1. The predicted molar refractivity (Wildman–Crippen MR) is 62.4 cm³/mol. The third-order valence-electron chi connectivity index (χ3n) is 3.00. The molecule has 3 N–H and O–H groups in total. The molecule has 2 amide bonds. The van der Waals surface area contributed by atoms with Crippen LogP contribution >= 0.6 is 12.4 Å². The molecular formula is C10H18ClN3O2. The van der Waals surface area contributed by atoms with Gasteiger partial charge in [-0.2, -0.15) is 0 Å². The van der Waals surface area contributed by atoms with Crippen LogP contribution in [-0.4, -0.2) is 37.0 Å². The number of amides is 2. The molecule has 0 aliphatic carbocycles. The van der Waals surface area contributed by atoms with Crippen molar-refractivity contribution >= 4 is 24.2 Å². The number of carbonyl (C=O) groups is 2. The van der Waals surface area contributed by atoms with Crippen molar-refractivity contribution in [2.75, 3.05) is 13.1 Å². The van der Waals surface area contributed by atoms with Crippen molar-refractivity contribution in [3.63, 3.8) is 0 Å². The molecule has 2 saturated heterocycles. The molecule has 2 fully saturated rings. The highest BCUT2D eigenvalue weighted by molar-refractivity contribution is 5.90. The Labute approximate surface area is 101 Å². The number of halogens is 1. The maximum absolute atomic E-state index is 11.6. The summed E-state index contributed by atoms with van der Waals surface area (Å²) < 4.78 is 0. The lowest BCUT2D eigenvalue weighted by atomic mass is 10.2. The lowest BCUT2D eigenvalue weighted by Gasteiger charge is -2.14. The second-order valence-corrected chi connectivity index (χ2v) is 4.20. The van der Waals surface area contributed by atoms with Gasteiger partial charge in [0.05, 0.1) is 0 Å². The Balaban J connectivity index is 0.00000128. The van der Waals surface area contributed by atoms with Crippen molar-refractivity contribution < 1.29 is 9.59 Å². The van der Waals surface area contributed by atoms with E-state index in [0.29, 0.717) is 25.4 Å². The van der Waals surface area contributed by atoms with Crippen LogP contribution in [0.25, 0.3) is 0 Å². The van der Waals surface area contributed by atoms with Gasteiger partial charge in [0, 0.05) is 19.0 Å². The van der Waals surface area contributed by atoms with E-state index in [9.17, 15) is 9.59 Å². The lowest BCUT2D eigenvalue weighted by Crippen LogP contribution is -2.45. The van der Waals surface area contributed by atoms with Gasteiger partial charge < -0.3 is 16.0 Å². The van der Waals surface area contributed by atoms with E-state index < -0.39 is 0 Å². The third kappa shape index (κ3) is 3.35. The Morgan fingerprint density at radius 1 is 1.44 bits per heavy atom. The lowest BCUT2D eigenvalue weighted by molar-refractivity contribution is -0.125. The number of rotatable bonds is 3. The monoisotopic (exact) mass is 247 g/mol. The Morgan fingerprint density at radius 2 is 2.25 bits per heavy atom. The summed E-state index contributed by atoms with van der Waals surface area (Å²) >= 11 is 0. The third-order valence-corrected chi connectivity index (χ3v) is 3.00. The summed E-state index contributed by atoms with van der Waals surface area (Å²) in [6.07, 6.45) is 3.40. The van der Waals surface area contributed by atoms with Gasteiger partial charge in [0.25, 0.3) is 0 Å². The Bertz CT molecular complexity index is 267. The Morgan fingerprint density at radius 3 is 2.81 bits per heavy atom. The second kappa shape index (κ2) is 6.06. The quantitative estimate of drug-likeness (QED) is 0.633. The van der Waals surface area contributed by atoms with Crippen molar-refractivity contribution in [3.05, 3.63) is 0 Å². The molecule has 2 aliphatic heterocycles. The van der Waals surface area contributed by atoms with Crippen LogP contribution in [0.15, 0.2) is 0 Å². The number of carbonyl (C=O) groups excluding carboxylic acids is 2. The highest BCUT2D eigenvalue weighted by atomic mass is 35.5. The average Bonchev–Trinajstić information content (AvgIpc) is 2.84. The molecule has 2 atom stereocenters. The van der Waals surface area contributed by atoms with Crippen LogP contribution < -0.4 is 16.0 Å². The van der Waals surface area contributed by atoms with Gasteiger partial charge in [-0.05, 0) is 25.8 Å². The molecule has 0 bridgehead atoms. The second-order valence-electron chi connectivity index (χ2n) is 4.20. The normalized spacial score (nSPS) is 28.4. The van der Waals surface area contributed by atoms with E-state index in [0.717, 1.165) is 13.0 Å². The Kier molecular flexibility index (Phi) is 5.02. The van der Waals surface area contributed by atoms with E-state index in [1.165, 1.54) is 6.42 Å². The smallest absolute Gasteiger partial charge is 0.242 e. The van der Waals surface area contributed by atoms with E-state index >= 15 is 0 Å². The molecule has 5 nitrogen and oxygen atoms in total. The fourth-order valence-corrected chi connectivity index (χ4v) is 2.09. The zero-order chi connectivity index (χ0) is 10.7. The summed E-state index contributed by atoms with van der Waals surface area (Å²) in [5, 5.41) is 8.84. The summed E-state index contributed by atoms with van der Waals surface area (Å²) in [4.78, 5) is 22.5. The zero-order valence-electron chi connectivity index (χ0n) is 9.12. The molecule has 2 aliphatic rings. The number of nitrogens with one attached hydrogen (secondary N) is 3. The van der Waals surface area contributed by atoms with Gasteiger partial charge in [-0.1, -0.05) is 0 Å². The summed E-state index contributed by atoms with van der Waals surface area (Å²) in [6.45, 7) is 1.71. The molecule has 16 heavy (non-hydrogen) atoms. The van der Waals surface area contributed by atoms with Crippen molar-refractivity contribution in [3.8, 4) is 0 Å². The van der Waals surface area contributed by atoms with Gasteiger partial charge in [-0.3, -0.25) is 9.59 Å². The van der Waals surface area contributed by atoms with Gasteiger partial charge in [0.15, 0.2) is 0 Å². The van der Waals surface area contributed by atoms with Gasteiger partial charge >= 0.3 is 0 Å². The highest BCUT2D eigenvalue weighted by Gasteiger charge is 2.27. The topological polar surface area (TPSA) is 70.2 Å². The van der Waals surface area contributed by atoms with Crippen molar-refractivity contribution in [2.24, 2.45) is 0 Å². The van der Waals surface area contributed by atoms with Crippen LogP contribution in [-0.2, 0) is 9.59 Å².